The summed E-state index contributed by atoms with van der Waals surface area (Å²) >= 11 is 1.71. The van der Waals surface area contributed by atoms with Crippen LogP contribution in [0.2, 0.25) is 0 Å². The van der Waals surface area contributed by atoms with Gasteiger partial charge in [0, 0.05) is 23.0 Å². The molecule has 0 aromatic carbocycles. The molecule has 0 amide bonds. The zero-order valence-corrected chi connectivity index (χ0v) is 10.4. The molecule has 0 spiro atoms. The Morgan fingerprint density at radius 1 is 1.20 bits per heavy atom. The van der Waals surface area contributed by atoms with Gasteiger partial charge in [-0.25, -0.2) is 4.98 Å². The van der Waals surface area contributed by atoms with E-state index in [0.717, 1.165) is 5.01 Å². The minimum Gasteiger partial charge on any atom is -0.337 e. The Morgan fingerprint density at radius 2 is 1.80 bits per heavy atom. The van der Waals surface area contributed by atoms with Crippen LogP contribution in [0.25, 0.3) is 0 Å². The van der Waals surface area contributed by atoms with Gasteiger partial charge >= 0.3 is 0 Å². The van der Waals surface area contributed by atoms with Gasteiger partial charge in [-0.2, -0.15) is 0 Å². The first-order valence-corrected chi connectivity index (χ1v) is 5.97. The molecule has 2 nitrogen and oxygen atoms in total. The summed E-state index contributed by atoms with van der Waals surface area (Å²) in [6.45, 7) is 8.71. The van der Waals surface area contributed by atoms with Crippen LogP contribution in [0, 0.1) is 13.8 Å². The molecule has 2 aromatic rings. The van der Waals surface area contributed by atoms with E-state index in [9.17, 15) is 0 Å². The Kier molecular flexibility index (Phi) is 2.43. The molecular formula is C12H16N2S. The largest absolute Gasteiger partial charge is 0.337 e. The average molecular weight is 220 g/mol. The molecule has 0 aliphatic heterocycles. The molecule has 0 saturated heterocycles. The lowest BCUT2D eigenvalue weighted by atomic mass is 10.1. The van der Waals surface area contributed by atoms with Gasteiger partial charge in [0.2, 0.25) is 0 Å². The Labute approximate surface area is 94.6 Å². The van der Waals surface area contributed by atoms with Crippen LogP contribution < -0.4 is 0 Å². The molecule has 0 bridgehead atoms. The van der Waals surface area contributed by atoms with Gasteiger partial charge in [-0.15, -0.1) is 11.3 Å². The summed E-state index contributed by atoms with van der Waals surface area (Å²) in [5.41, 5.74) is 2.52. The second-order valence-electron chi connectivity index (χ2n) is 4.35. The number of rotatable bonds is 2. The lowest BCUT2D eigenvalue weighted by Crippen LogP contribution is -2.29. The van der Waals surface area contributed by atoms with E-state index >= 15 is 0 Å². The maximum absolute atomic E-state index is 4.42. The smallest absolute Gasteiger partial charge is 0.118 e. The van der Waals surface area contributed by atoms with E-state index in [1.54, 1.807) is 11.3 Å². The molecule has 0 fully saturated rings. The molecule has 0 saturated carbocycles. The fourth-order valence-corrected chi connectivity index (χ4v) is 2.92. The summed E-state index contributed by atoms with van der Waals surface area (Å²) in [5, 5.41) is 3.19. The lowest BCUT2D eigenvalue weighted by molar-refractivity contribution is 0.418. The van der Waals surface area contributed by atoms with Crippen LogP contribution in [0.15, 0.2) is 23.7 Å². The van der Waals surface area contributed by atoms with Crippen molar-refractivity contribution in [1.82, 2.24) is 9.55 Å². The third-order valence-corrected chi connectivity index (χ3v) is 3.87. The summed E-state index contributed by atoms with van der Waals surface area (Å²) < 4.78 is 2.34. The molecule has 0 atom stereocenters. The van der Waals surface area contributed by atoms with Crippen LogP contribution in [-0.2, 0) is 5.54 Å². The van der Waals surface area contributed by atoms with Crippen LogP contribution in [0.1, 0.15) is 30.2 Å². The Morgan fingerprint density at radius 3 is 2.27 bits per heavy atom. The fourth-order valence-electron chi connectivity index (χ4n) is 2.17. The van der Waals surface area contributed by atoms with E-state index in [2.05, 4.69) is 49.4 Å². The first kappa shape index (κ1) is 10.4. The maximum Gasteiger partial charge on any atom is 0.118 e. The number of hydrogen-bond acceptors (Lipinski definition) is 2. The van der Waals surface area contributed by atoms with E-state index in [0.29, 0.717) is 0 Å². The Hall–Kier alpha value is -1.09. The third kappa shape index (κ3) is 1.61. The molecule has 0 radical (unpaired) electrons. The van der Waals surface area contributed by atoms with Crippen molar-refractivity contribution in [3.05, 3.63) is 40.1 Å². The van der Waals surface area contributed by atoms with Gasteiger partial charge in [0.1, 0.15) is 5.01 Å². The highest BCUT2D eigenvalue weighted by molar-refractivity contribution is 7.09. The van der Waals surface area contributed by atoms with Gasteiger partial charge in [-0.3, -0.25) is 0 Å². The molecule has 2 aromatic heterocycles. The molecule has 2 heterocycles. The minimum absolute atomic E-state index is 0.0498. The summed E-state index contributed by atoms with van der Waals surface area (Å²) in [5.74, 6) is 0. The number of aryl methyl sites for hydroxylation is 2. The van der Waals surface area contributed by atoms with Crippen molar-refractivity contribution < 1.29 is 0 Å². The van der Waals surface area contributed by atoms with Crippen LogP contribution in [0.3, 0.4) is 0 Å². The van der Waals surface area contributed by atoms with Gasteiger partial charge in [-0.05, 0) is 39.8 Å². The summed E-state index contributed by atoms with van der Waals surface area (Å²) in [4.78, 5) is 4.42. The topological polar surface area (TPSA) is 17.8 Å². The van der Waals surface area contributed by atoms with Crippen molar-refractivity contribution in [2.45, 2.75) is 33.2 Å². The summed E-state index contributed by atoms with van der Waals surface area (Å²) in [6.07, 6.45) is 1.87. The maximum atomic E-state index is 4.42. The Balaban J connectivity index is 2.55. The summed E-state index contributed by atoms with van der Waals surface area (Å²) in [6, 6.07) is 4.31. The normalized spacial score (nSPS) is 12.0. The van der Waals surface area contributed by atoms with Gasteiger partial charge in [-0.1, -0.05) is 0 Å². The fraction of sp³-hybridized carbons (Fsp3) is 0.417. The molecule has 0 aliphatic carbocycles. The van der Waals surface area contributed by atoms with E-state index in [-0.39, 0.29) is 5.54 Å². The molecular weight excluding hydrogens is 204 g/mol. The lowest BCUT2D eigenvalue weighted by Gasteiger charge is -2.28. The predicted octanol–water partition coefficient (Wildman–Crippen LogP) is 3.34. The molecule has 80 valence electrons. The number of nitrogens with zero attached hydrogens (tertiary/aromatic N) is 2. The van der Waals surface area contributed by atoms with Crippen molar-refractivity contribution in [3.63, 3.8) is 0 Å². The number of aromatic nitrogens is 2. The quantitative estimate of drug-likeness (QED) is 0.759. The van der Waals surface area contributed by atoms with Gasteiger partial charge < -0.3 is 4.57 Å². The van der Waals surface area contributed by atoms with E-state index in [1.807, 2.05) is 11.6 Å². The van der Waals surface area contributed by atoms with E-state index < -0.39 is 0 Å². The predicted molar refractivity (Wildman–Crippen MR) is 64.4 cm³/mol. The van der Waals surface area contributed by atoms with Gasteiger partial charge in [0.25, 0.3) is 0 Å². The first-order chi connectivity index (χ1) is 7.03. The molecule has 2 rings (SSSR count). The molecule has 3 heteroatoms. The van der Waals surface area contributed by atoms with E-state index in [1.165, 1.54) is 11.4 Å². The SMILES string of the molecule is Cc1ccc(C)n1C(C)(C)c1nccs1. The zero-order valence-electron chi connectivity index (χ0n) is 9.61. The number of hydrogen-bond donors (Lipinski definition) is 0. The third-order valence-electron chi connectivity index (χ3n) is 2.79. The highest BCUT2D eigenvalue weighted by Crippen LogP contribution is 2.30. The van der Waals surface area contributed by atoms with Crippen molar-refractivity contribution in [2.75, 3.05) is 0 Å². The number of thiazole rings is 1. The highest BCUT2D eigenvalue weighted by atomic mass is 32.1. The monoisotopic (exact) mass is 220 g/mol. The second-order valence-corrected chi connectivity index (χ2v) is 5.24. The second kappa shape index (κ2) is 3.49. The molecule has 0 N–H and O–H groups in total. The molecule has 0 aliphatic rings. The van der Waals surface area contributed by atoms with Crippen LogP contribution in [-0.4, -0.2) is 9.55 Å². The zero-order chi connectivity index (χ0) is 11.1. The first-order valence-electron chi connectivity index (χ1n) is 5.09. The van der Waals surface area contributed by atoms with Crippen molar-refractivity contribution in [3.8, 4) is 0 Å². The average Bonchev–Trinajstić information content (AvgIpc) is 2.75. The van der Waals surface area contributed by atoms with Crippen molar-refractivity contribution >= 4 is 11.3 Å². The molecule has 0 unspecified atom stereocenters. The van der Waals surface area contributed by atoms with E-state index in [4.69, 9.17) is 0 Å². The minimum atomic E-state index is -0.0498. The standard InChI is InChI=1S/C12H16N2S/c1-9-5-6-10(2)14(9)12(3,4)11-13-7-8-15-11/h5-8H,1-4H3. The van der Waals surface area contributed by atoms with Crippen LogP contribution >= 0.6 is 11.3 Å². The van der Waals surface area contributed by atoms with Gasteiger partial charge in [0.15, 0.2) is 0 Å². The van der Waals surface area contributed by atoms with Crippen LogP contribution in [0.4, 0.5) is 0 Å². The van der Waals surface area contributed by atoms with Crippen molar-refractivity contribution in [1.29, 1.82) is 0 Å². The molecule has 15 heavy (non-hydrogen) atoms. The highest BCUT2D eigenvalue weighted by Gasteiger charge is 2.27. The van der Waals surface area contributed by atoms with Crippen LogP contribution in [0.5, 0.6) is 0 Å². The van der Waals surface area contributed by atoms with Gasteiger partial charge in [0.05, 0.1) is 5.54 Å². The summed E-state index contributed by atoms with van der Waals surface area (Å²) in [7, 11) is 0. The van der Waals surface area contributed by atoms with Crippen molar-refractivity contribution in [2.24, 2.45) is 0 Å². The Bertz CT molecular complexity index is 432.